The molecular weight excluding hydrogens is 614 g/mol. The number of ether oxygens (including phenoxy) is 1. The first-order valence-electron chi connectivity index (χ1n) is 17.2. The molecule has 2 amide bonds. The van der Waals surface area contributed by atoms with E-state index in [-0.39, 0.29) is 23.6 Å². The predicted molar refractivity (Wildman–Crippen MR) is 194 cm³/mol. The normalized spacial score (nSPS) is 19.4. The van der Waals surface area contributed by atoms with E-state index in [0.717, 1.165) is 85.2 Å². The molecule has 1 aliphatic carbocycles. The highest BCUT2D eigenvalue weighted by molar-refractivity contribution is 6.05. The van der Waals surface area contributed by atoms with Gasteiger partial charge in [0.1, 0.15) is 23.5 Å². The Balaban J connectivity index is 1.14. The number of fused-ring (bicyclic) bond motifs is 2. The lowest BCUT2D eigenvalue weighted by molar-refractivity contribution is 0.155. The van der Waals surface area contributed by atoms with Crippen LogP contribution in [0.5, 0.6) is 5.75 Å². The number of hydrogen-bond acceptors (Lipinski definition) is 8. The van der Waals surface area contributed by atoms with Crippen molar-refractivity contribution in [2.75, 3.05) is 39.8 Å². The minimum absolute atomic E-state index is 0.159. The van der Waals surface area contributed by atoms with Gasteiger partial charge in [-0.05, 0) is 62.2 Å². The summed E-state index contributed by atoms with van der Waals surface area (Å²) < 4.78 is 8.67. The Bertz CT molecular complexity index is 1810. The third-order valence-electron chi connectivity index (χ3n) is 9.40. The Morgan fingerprint density at radius 3 is 2.47 bits per heavy atom. The first-order chi connectivity index (χ1) is 23.5. The number of nitrogens with zero attached hydrogens (tertiary/aromatic N) is 6. The van der Waals surface area contributed by atoms with Crippen LogP contribution in [0.3, 0.4) is 0 Å². The van der Waals surface area contributed by atoms with E-state index in [2.05, 4.69) is 49.8 Å². The van der Waals surface area contributed by atoms with Gasteiger partial charge in [0.2, 0.25) is 0 Å². The topological polar surface area (TPSA) is 125 Å². The molecule has 11 heteroatoms. The number of allylic oxidation sites excluding steroid dienone is 1. The fourth-order valence-corrected chi connectivity index (χ4v) is 6.20. The number of pyridine rings is 1. The second kappa shape index (κ2) is 14.8. The smallest absolute Gasteiger partial charge is 0.320 e. The number of rotatable bonds is 8. The van der Waals surface area contributed by atoms with E-state index in [9.17, 15) is 4.79 Å². The monoisotopic (exact) mass is 663 g/mol. The van der Waals surface area contributed by atoms with Crippen molar-refractivity contribution in [3.8, 4) is 5.75 Å². The van der Waals surface area contributed by atoms with Crippen molar-refractivity contribution in [3.63, 3.8) is 0 Å². The molecule has 49 heavy (non-hydrogen) atoms. The van der Waals surface area contributed by atoms with Gasteiger partial charge in [-0.25, -0.2) is 9.79 Å². The van der Waals surface area contributed by atoms with Crippen molar-refractivity contribution >= 4 is 23.2 Å². The molecule has 0 saturated carbocycles. The molecule has 4 N–H and O–H groups in total. The number of carbonyl (C=O) groups is 1. The number of nitrogens with two attached hydrogens (primary N) is 1. The minimum Gasteiger partial charge on any atom is -0.484 e. The van der Waals surface area contributed by atoms with Crippen molar-refractivity contribution < 1.29 is 9.53 Å². The lowest BCUT2D eigenvalue weighted by atomic mass is 9.85. The molecule has 2 atom stereocenters. The lowest BCUT2D eigenvalue weighted by Gasteiger charge is -2.32. The second-order valence-electron chi connectivity index (χ2n) is 14.3. The van der Waals surface area contributed by atoms with Crippen LogP contribution in [0, 0.1) is 12.3 Å². The van der Waals surface area contributed by atoms with E-state index in [1.54, 1.807) is 6.08 Å². The zero-order valence-corrected chi connectivity index (χ0v) is 29.3. The quantitative estimate of drug-likeness (QED) is 0.163. The number of urea groups is 1. The van der Waals surface area contributed by atoms with Gasteiger partial charge >= 0.3 is 6.03 Å². The number of aromatic nitrogens is 3. The molecule has 2 aromatic heterocycles. The Morgan fingerprint density at radius 2 is 1.73 bits per heavy atom. The summed E-state index contributed by atoms with van der Waals surface area (Å²) in [6, 6.07) is 19.4. The SMILES string of the molecule is Cc1ccc(N=C(C=C(N)C(C)(C)C)NC(=O)NC2CCC(Oc3ccc4nnc(CCN5CCN(C)CC5)n4c3)c3ccccc32)cc1. The first kappa shape index (κ1) is 34.1. The van der Waals surface area contributed by atoms with E-state index in [0.29, 0.717) is 18.0 Å². The van der Waals surface area contributed by atoms with Crippen LogP contribution in [-0.2, 0) is 6.42 Å². The number of aliphatic imine (C=N–C) groups is 1. The number of benzene rings is 2. The summed E-state index contributed by atoms with van der Waals surface area (Å²) in [5.74, 6) is 2.08. The maximum absolute atomic E-state index is 13.5. The predicted octanol–water partition coefficient (Wildman–Crippen LogP) is 5.70. The van der Waals surface area contributed by atoms with Crippen LogP contribution in [0.15, 0.2) is 83.6 Å². The number of likely N-dealkylation sites (N-methyl/N-ethyl adjacent to an activating group) is 1. The summed E-state index contributed by atoms with van der Waals surface area (Å²) >= 11 is 0. The van der Waals surface area contributed by atoms with Crippen LogP contribution in [0.1, 0.15) is 68.3 Å². The average Bonchev–Trinajstić information content (AvgIpc) is 3.48. The molecule has 0 spiro atoms. The van der Waals surface area contributed by atoms with E-state index in [1.165, 1.54) is 0 Å². The van der Waals surface area contributed by atoms with Crippen molar-refractivity contribution in [3.05, 3.63) is 101 Å². The summed E-state index contributed by atoms with van der Waals surface area (Å²) in [6.07, 6.45) is 5.85. The van der Waals surface area contributed by atoms with Gasteiger partial charge in [0, 0.05) is 56.3 Å². The maximum atomic E-state index is 13.5. The molecular formula is C38H49N9O2. The third kappa shape index (κ3) is 8.65. The van der Waals surface area contributed by atoms with Crippen LogP contribution in [0.25, 0.3) is 5.65 Å². The maximum Gasteiger partial charge on any atom is 0.320 e. The fraction of sp³-hybridized carbons (Fsp3) is 0.421. The molecule has 1 aliphatic heterocycles. The second-order valence-corrected chi connectivity index (χ2v) is 14.3. The largest absolute Gasteiger partial charge is 0.484 e. The number of amides is 2. The van der Waals surface area contributed by atoms with Gasteiger partial charge in [-0.3, -0.25) is 9.72 Å². The fourth-order valence-electron chi connectivity index (χ4n) is 6.20. The molecule has 0 bridgehead atoms. The van der Waals surface area contributed by atoms with Crippen LogP contribution in [-0.4, -0.2) is 76.0 Å². The molecule has 11 nitrogen and oxygen atoms in total. The van der Waals surface area contributed by atoms with Crippen molar-refractivity contribution in [2.24, 2.45) is 16.1 Å². The number of piperazine rings is 1. The Morgan fingerprint density at radius 1 is 1.00 bits per heavy atom. The highest BCUT2D eigenvalue weighted by atomic mass is 16.5. The van der Waals surface area contributed by atoms with Gasteiger partial charge in [0.25, 0.3) is 0 Å². The molecule has 258 valence electrons. The Hall–Kier alpha value is -4.74. The van der Waals surface area contributed by atoms with Gasteiger partial charge in [-0.15, -0.1) is 10.2 Å². The zero-order chi connectivity index (χ0) is 34.5. The van der Waals surface area contributed by atoms with Crippen molar-refractivity contribution in [1.82, 2.24) is 35.0 Å². The highest BCUT2D eigenvalue weighted by Gasteiger charge is 2.30. The van der Waals surface area contributed by atoms with Crippen molar-refractivity contribution in [2.45, 2.75) is 59.1 Å². The molecule has 0 radical (unpaired) electrons. The molecule has 4 aromatic rings. The Kier molecular flexibility index (Phi) is 10.3. The number of amidine groups is 1. The minimum atomic E-state index is -0.342. The van der Waals surface area contributed by atoms with Crippen LogP contribution in [0.4, 0.5) is 10.5 Å². The summed E-state index contributed by atoms with van der Waals surface area (Å²) in [5, 5.41) is 15.0. The average molecular weight is 664 g/mol. The molecule has 2 unspecified atom stereocenters. The van der Waals surface area contributed by atoms with E-state index >= 15 is 0 Å². The molecule has 1 fully saturated rings. The highest BCUT2D eigenvalue weighted by Crippen LogP contribution is 2.38. The summed E-state index contributed by atoms with van der Waals surface area (Å²) in [6.45, 7) is 13.4. The number of nitrogens with one attached hydrogen (secondary N) is 2. The van der Waals surface area contributed by atoms with Crippen molar-refractivity contribution in [1.29, 1.82) is 0 Å². The molecule has 1 saturated heterocycles. The summed E-state index contributed by atoms with van der Waals surface area (Å²) in [7, 11) is 2.17. The molecule has 2 aromatic carbocycles. The summed E-state index contributed by atoms with van der Waals surface area (Å²) in [4.78, 5) is 23.0. The molecule has 2 aliphatic rings. The van der Waals surface area contributed by atoms with E-state index < -0.39 is 0 Å². The lowest BCUT2D eigenvalue weighted by Crippen LogP contribution is -2.45. The van der Waals surface area contributed by atoms with E-state index in [4.69, 9.17) is 15.5 Å². The number of carbonyl (C=O) groups excluding carboxylic acids is 1. The number of hydrogen-bond donors (Lipinski definition) is 3. The van der Waals surface area contributed by atoms with E-state index in [1.807, 2.05) is 86.8 Å². The molecule has 3 heterocycles. The number of aryl methyl sites for hydroxylation is 1. The van der Waals surface area contributed by atoms with Gasteiger partial charge in [-0.1, -0.05) is 62.7 Å². The van der Waals surface area contributed by atoms with Crippen LogP contribution in [0.2, 0.25) is 0 Å². The van der Waals surface area contributed by atoms with Gasteiger partial charge in [0.15, 0.2) is 5.65 Å². The first-order valence-corrected chi connectivity index (χ1v) is 17.2. The zero-order valence-electron chi connectivity index (χ0n) is 29.3. The summed E-state index contributed by atoms with van der Waals surface area (Å²) in [5.41, 5.74) is 11.5. The van der Waals surface area contributed by atoms with Gasteiger partial charge in [0.05, 0.1) is 17.9 Å². The standard InChI is InChI=1S/C38H49N9O2/c1-26-10-12-27(13-11-26)40-34(24-33(39)38(2,3)4)42-37(48)41-31-15-16-32(30-9-7-6-8-29(30)31)49-28-14-17-35-43-44-36(47(35)25-28)18-19-46-22-20-45(5)21-23-46/h6-14,17,24-25,31-32H,15-16,18-23,39H2,1-5H3,(H2,40,41,42,48). The molecule has 6 rings (SSSR count). The van der Waals surface area contributed by atoms with Crippen LogP contribution >= 0.6 is 0 Å². The van der Waals surface area contributed by atoms with Gasteiger partial charge in [-0.2, -0.15) is 0 Å². The van der Waals surface area contributed by atoms with Gasteiger partial charge < -0.3 is 25.6 Å². The van der Waals surface area contributed by atoms with Crippen LogP contribution < -0.4 is 21.1 Å². The third-order valence-corrected chi connectivity index (χ3v) is 9.40. The Labute approximate surface area is 289 Å².